The quantitative estimate of drug-likeness (QED) is 0.904. The monoisotopic (exact) mass is 325 g/mol. The highest BCUT2D eigenvalue weighted by molar-refractivity contribution is 7.89. The number of nitrogens with one attached hydrogen (secondary N) is 1. The van der Waals surface area contributed by atoms with Gasteiger partial charge in [0.05, 0.1) is 18.1 Å². The summed E-state index contributed by atoms with van der Waals surface area (Å²) in [5, 5.41) is 0. The smallest absolute Gasteiger partial charge is 0.240 e. The number of hydrogen-bond donors (Lipinski definition) is 1. The largest absolute Gasteiger partial charge is 0.490 e. The van der Waals surface area contributed by atoms with Gasteiger partial charge in [-0.3, -0.25) is 0 Å². The zero-order chi connectivity index (χ0) is 15.4. The molecule has 3 rings (SSSR count). The fourth-order valence-electron chi connectivity index (χ4n) is 3.09. The van der Waals surface area contributed by atoms with Crippen LogP contribution in [0.4, 0.5) is 0 Å². The van der Waals surface area contributed by atoms with Crippen molar-refractivity contribution in [2.24, 2.45) is 5.92 Å². The zero-order valence-corrected chi connectivity index (χ0v) is 13.5. The molecule has 0 spiro atoms. The lowest BCUT2D eigenvalue weighted by atomic mass is 10.1. The molecule has 5 nitrogen and oxygen atoms in total. The molecule has 0 bridgehead atoms. The van der Waals surface area contributed by atoms with E-state index >= 15 is 0 Å². The molecule has 1 aromatic rings. The van der Waals surface area contributed by atoms with Gasteiger partial charge in [0.15, 0.2) is 11.5 Å². The van der Waals surface area contributed by atoms with Crippen LogP contribution in [0, 0.1) is 5.92 Å². The van der Waals surface area contributed by atoms with Crippen LogP contribution in [0.5, 0.6) is 11.5 Å². The standard InChI is InChI=1S/C16H23NO4S/c18-22(19,17-9-8-13-4-1-2-5-13)14-6-7-15-16(12-14)21-11-3-10-20-15/h6-7,12-13,17H,1-5,8-11H2. The van der Waals surface area contributed by atoms with Gasteiger partial charge in [0, 0.05) is 19.0 Å². The first-order chi connectivity index (χ1) is 10.6. The summed E-state index contributed by atoms with van der Waals surface area (Å²) < 4.78 is 38.5. The zero-order valence-electron chi connectivity index (χ0n) is 12.7. The van der Waals surface area contributed by atoms with Crippen LogP contribution >= 0.6 is 0 Å². The van der Waals surface area contributed by atoms with E-state index in [2.05, 4.69) is 4.72 Å². The van der Waals surface area contributed by atoms with Gasteiger partial charge >= 0.3 is 0 Å². The molecule has 1 fully saturated rings. The van der Waals surface area contributed by atoms with Gasteiger partial charge in [-0.2, -0.15) is 0 Å². The maximum Gasteiger partial charge on any atom is 0.240 e. The summed E-state index contributed by atoms with van der Waals surface area (Å²) in [6.07, 6.45) is 6.73. The molecule has 2 aliphatic rings. The van der Waals surface area contributed by atoms with E-state index in [1.807, 2.05) is 0 Å². The second-order valence-corrected chi connectivity index (χ2v) is 7.76. The molecule has 1 aromatic carbocycles. The second-order valence-electron chi connectivity index (χ2n) is 6.00. The molecule has 0 aromatic heterocycles. The molecule has 122 valence electrons. The molecule has 1 aliphatic heterocycles. The Hall–Kier alpha value is -1.27. The number of fused-ring (bicyclic) bond motifs is 1. The highest BCUT2D eigenvalue weighted by Crippen LogP contribution is 2.32. The van der Waals surface area contributed by atoms with Gasteiger partial charge in [0.2, 0.25) is 10.0 Å². The Bertz CT molecular complexity index is 609. The van der Waals surface area contributed by atoms with E-state index in [-0.39, 0.29) is 4.90 Å². The van der Waals surface area contributed by atoms with Crippen LogP contribution in [0.25, 0.3) is 0 Å². The molecule has 1 N–H and O–H groups in total. The van der Waals surface area contributed by atoms with E-state index < -0.39 is 10.0 Å². The molecular weight excluding hydrogens is 302 g/mol. The van der Waals surface area contributed by atoms with E-state index in [4.69, 9.17) is 9.47 Å². The van der Waals surface area contributed by atoms with Gasteiger partial charge in [0.1, 0.15) is 0 Å². The van der Waals surface area contributed by atoms with Crippen molar-refractivity contribution >= 4 is 10.0 Å². The van der Waals surface area contributed by atoms with Crippen molar-refractivity contribution in [3.63, 3.8) is 0 Å². The third kappa shape index (κ3) is 3.73. The summed E-state index contributed by atoms with van der Waals surface area (Å²) in [6.45, 7) is 1.64. The first-order valence-electron chi connectivity index (χ1n) is 8.04. The van der Waals surface area contributed by atoms with Crippen molar-refractivity contribution in [3.8, 4) is 11.5 Å². The van der Waals surface area contributed by atoms with Crippen LogP contribution < -0.4 is 14.2 Å². The summed E-state index contributed by atoms with van der Waals surface area (Å²) in [4.78, 5) is 0.239. The third-order valence-electron chi connectivity index (χ3n) is 4.35. The molecule has 22 heavy (non-hydrogen) atoms. The van der Waals surface area contributed by atoms with Crippen molar-refractivity contribution in [3.05, 3.63) is 18.2 Å². The van der Waals surface area contributed by atoms with Crippen molar-refractivity contribution < 1.29 is 17.9 Å². The Balaban J connectivity index is 1.64. The maximum absolute atomic E-state index is 12.4. The number of rotatable bonds is 5. The Morgan fingerprint density at radius 3 is 2.55 bits per heavy atom. The number of hydrogen-bond acceptors (Lipinski definition) is 4. The van der Waals surface area contributed by atoms with Crippen LogP contribution in [-0.2, 0) is 10.0 Å². The van der Waals surface area contributed by atoms with Crippen molar-refractivity contribution in [2.75, 3.05) is 19.8 Å². The molecule has 0 unspecified atom stereocenters. The first-order valence-corrected chi connectivity index (χ1v) is 9.53. The minimum Gasteiger partial charge on any atom is -0.490 e. The third-order valence-corrected chi connectivity index (χ3v) is 5.81. The van der Waals surface area contributed by atoms with E-state index in [9.17, 15) is 8.42 Å². The Labute approximate surface area is 132 Å². The molecule has 1 aliphatic carbocycles. The summed E-state index contributed by atoms with van der Waals surface area (Å²) >= 11 is 0. The Morgan fingerprint density at radius 2 is 1.77 bits per heavy atom. The molecule has 1 heterocycles. The lowest BCUT2D eigenvalue weighted by molar-refractivity contribution is 0.297. The highest BCUT2D eigenvalue weighted by atomic mass is 32.2. The van der Waals surface area contributed by atoms with Crippen LogP contribution in [-0.4, -0.2) is 28.2 Å². The van der Waals surface area contributed by atoms with E-state index in [1.54, 1.807) is 18.2 Å². The van der Waals surface area contributed by atoms with Crippen LogP contribution in [0.2, 0.25) is 0 Å². The number of ether oxygens (including phenoxy) is 2. The van der Waals surface area contributed by atoms with E-state index in [0.717, 1.165) is 12.8 Å². The first kappa shape index (κ1) is 15.6. The fourth-order valence-corrected chi connectivity index (χ4v) is 4.15. The molecule has 0 saturated heterocycles. The normalized spacial score (nSPS) is 19.1. The van der Waals surface area contributed by atoms with Crippen LogP contribution in [0.3, 0.4) is 0 Å². The molecule has 0 amide bonds. The predicted molar refractivity (Wildman–Crippen MR) is 83.8 cm³/mol. The van der Waals surface area contributed by atoms with Crippen molar-refractivity contribution in [2.45, 2.75) is 43.4 Å². The molecule has 0 radical (unpaired) electrons. The van der Waals surface area contributed by atoms with E-state index in [1.165, 1.54) is 25.7 Å². The van der Waals surface area contributed by atoms with Gasteiger partial charge in [0.25, 0.3) is 0 Å². The van der Waals surface area contributed by atoms with Crippen LogP contribution in [0.1, 0.15) is 38.5 Å². The van der Waals surface area contributed by atoms with Crippen LogP contribution in [0.15, 0.2) is 23.1 Å². The average Bonchev–Trinajstić information content (AvgIpc) is 2.90. The molecule has 0 atom stereocenters. The molecule has 1 saturated carbocycles. The second kappa shape index (κ2) is 6.87. The minimum atomic E-state index is -3.48. The van der Waals surface area contributed by atoms with Gasteiger partial charge in [-0.1, -0.05) is 25.7 Å². The van der Waals surface area contributed by atoms with Gasteiger partial charge in [-0.25, -0.2) is 13.1 Å². The molecular formula is C16H23NO4S. The SMILES string of the molecule is O=S(=O)(NCCC1CCCC1)c1ccc2c(c1)OCCCO2. The number of sulfonamides is 1. The fraction of sp³-hybridized carbons (Fsp3) is 0.625. The molecule has 6 heteroatoms. The predicted octanol–water partition coefficient (Wildman–Crippen LogP) is 2.71. The summed E-state index contributed by atoms with van der Waals surface area (Å²) in [5.41, 5.74) is 0. The van der Waals surface area contributed by atoms with Gasteiger partial charge in [-0.15, -0.1) is 0 Å². The lowest BCUT2D eigenvalue weighted by Gasteiger charge is -2.12. The van der Waals surface area contributed by atoms with E-state index in [0.29, 0.717) is 37.2 Å². The Morgan fingerprint density at radius 1 is 1.05 bits per heavy atom. The average molecular weight is 325 g/mol. The summed E-state index contributed by atoms with van der Waals surface area (Å²) in [5.74, 6) is 1.80. The maximum atomic E-state index is 12.4. The van der Waals surface area contributed by atoms with Gasteiger partial charge < -0.3 is 9.47 Å². The van der Waals surface area contributed by atoms with Gasteiger partial charge in [-0.05, 0) is 24.5 Å². The summed E-state index contributed by atoms with van der Waals surface area (Å²) in [7, 11) is -3.48. The Kier molecular flexibility index (Phi) is 4.88. The van der Waals surface area contributed by atoms with Crippen molar-refractivity contribution in [1.29, 1.82) is 0 Å². The topological polar surface area (TPSA) is 64.6 Å². The van der Waals surface area contributed by atoms with Crippen molar-refractivity contribution in [1.82, 2.24) is 4.72 Å². The lowest BCUT2D eigenvalue weighted by Crippen LogP contribution is -2.26. The highest BCUT2D eigenvalue weighted by Gasteiger charge is 2.20. The number of benzene rings is 1. The summed E-state index contributed by atoms with van der Waals surface area (Å²) in [6, 6.07) is 4.80. The minimum absolute atomic E-state index is 0.239.